The Labute approximate surface area is 110 Å². The molecule has 0 aromatic carbocycles. The molecule has 1 atom stereocenters. The molecule has 0 amide bonds. The van der Waals surface area contributed by atoms with Gasteiger partial charge in [-0.15, -0.1) is 11.3 Å². The summed E-state index contributed by atoms with van der Waals surface area (Å²) < 4.78 is 1.23. The lowest BCUT2D eigenvalue weighted by molar-refractivity contribution is 0.217. The molecule has 16 heavy (non-hydrogen) atoms. The number of halogens is 1. The van der Waals surface area contributed by atoms with Gasteiger partial charge in [-0.25, -0.2) is 0 Å². The largest absolute Gasteiger partial charge is 0.329 e. The van der Waals surface area contributed by atoms with Crippen molar-refractivity contribution in [2.75, 3.05) is 13.6 Å². The third-order valence-corrected chi connectivity index (χ3v) is 5.41. The van der Waals surface area contributed by atoms with Crippen LogP contribution in [0.3, 0.4) is 0 Å². The van der Waals surface area contributed by atoms with E-state index in [0.29, 0.717) is 6.04 Å². The fourth-order valence-corrected chi connectivity index (χ4v) is 3.84. The molecule has 1 aliphatic carbocycles. The van der Waals surface area contributed by atoms with E-state index in [2.05, 4.69) is 40.9 Å². The average molecular weight is 303 g/mol. The van der Waals surface area contributed by atoms with Gasteiger partial charge in [0, 0.05) is 33.4 Å². The Hall–Kier alpha value is 0.100. The normalized spacial score (nSPS) is 18.1. The van der Waals surface area contributed by atoms with Gasteiger partial charge in [0.2, 0.25) is 0 Å². The zero-order valence-corrected chi connectivity index (χ0v) is 12.3. The molecule has 1 saturated carbocycles. The molecule has 90 valence electrons. The molecule has 0 radical (unpaired) electrons. The first-order valence-electron chi connectivity index (χ1n) is 5.77. The van der Waals surface area contributed by atoms with E-state index in [1.54, 1.807) is 0 Å². The summed E-state index contributed by atoms with van der Waals surface area (Å²) in [7, 11) is 2.19. The standard InChI is InChI=1S/C12H19BrN2S/c1-8-11(13)5-10(16-8)7-15(2)12(6-14)9-3-4-9/h5,9,12H,3-4,6-7,14H2,1-2H3. The van der Waals surface area contributed by atoms with Crippen LogP contribution in [-0.2, 0) is 6.54 Å². The van der Waals surface area contributed by atoms with E-state index >= 15 is 0 Å². The van der Waals surface area contributed by atoms with Gasteiger partial charge in [-0.1, -0.05) is 0 Å². The summed E-state index contributed by atoms with van der Waals surface area (Å²) in [5, 5.41) is 0. The summed E-state index contributed by atoms with van der Waals surface area (Å²) in [6, 6.07) is 2.80. The second-order valence-electron chi connectivity index (χ2n) is 4.67. The summed E-state index contributed by atoms with van der Waals surface area (Å²) in [5.74, 6) is 0.847. The second kappa shape index (κ2) is 5.17. The van der Waals surface area contributed by atoms with Crippen LogP contribution >= 0.6 is 27.3 Å². The van der Waals surface area contributed by atoms with Gasteiger partial charge in [0.15, 0.2) is 0 Å². The van der Waals surface area contributed by atoms with E-state index in [9.17, 15) is 0 Å². The van der Waals surface area contributed by atoms with E-state index in [-0.39, 0.29) is 0 Å². The van der Waals surface area contributed by atoms with Crippen molar-refractivity contribution >= 4 is 27.3 Å². The molecule has 0 aliphatic heterocycles. The number of hydrogen-bond donors (Lipinski definition) is 1. The minimum Gasteiger partial charge on any atom is -0.329 e. The number of aryl methyl sites for hydroxylation is 1. The maximum absolute atomic E-state index is 5.86. The predicted molar refractivity (Wildman–Crippen MR) is 73.8 cm³/mol. The highest BCUT2D eigenvalue weighted by Gasteiger charge is 2.32. The third kappa shape index (κ3) is 2.86. The molecule has 0 bridgehead atoms. The Bertz CT molecular complexity index is 340. The molecule has 1 heterocycles. The number of hydrogen-bond acceptors (Lipinski definition) is 3. The lowest BCUT2D eigenvalue weighted by atomic mass is 10.1. The van der Waals surface area contributed by atoms with Crippen LogP contribution in [0, 0.1) is 12.8 Å². The Kier molecular flexibility index (Phi) is 4.06. The van der Waals surface area contributed by atoms with Gasteiger partial charge in [-0.2, -0.15) is 0 Å². The van der Waals surface area contributed by atoms with Gasteiger partial charge in [0.25, 0.3) is 0 Å². The molecule has 1 aromatic heterocycles. The van der Waals surface area contributed by atoms with Crippen molar-refractivity contribution in [2.24, 2.45) is 11.7 Å². The molecule has 0 saturated heterocycles. The third-order valence-electron chi connectivity index (χ3n) is 3.29. The predicted octanol–water partition coefficient (Wildman–Crippen LogP) is 2.99. The van der Waals surface area contributed by atoms with Gasteiger partial charge in [-0.05, 0) is 54.7 Å². The zero-order valence-electron chi connectivity index (χ0n) is 9.87. The van der Waals surface area contributed by atoms with E-state index < -0.39 is 0 Å². The lowest BCUT2D eigenvalue weighted by Gasteiger charge is -2.26. The van der Waals surface area contributed by atoms with Crippen LogP contribution < -0.4 is 5.73 Å². The minimum atomic E-state index is 0.571. The highest BCUT2D eigenvalue weighted by Crippen LogP contribution is 2.35. The van der Waals surface area contributed by atoms with Crippen molar-refractivity contribution in [1.29, 1.82) is 0 Å². The van der Waals surface area contributed by atoms with Gasteiger partial charge in [0.05, 0.1) is 0 Å². The monoisotopic (exact) mass is 302 g/mol. The first kappa shape index (κ1) is 12.6. The number of nitrogens with zero attached hydrogens (tertiary/aromatic N) is 1. The van der Waals surface area contributed by atoms with E-state index in [1.165, 1.54) is 27.1 Å². The van der Waals surface area contributed by atoms with Crippen molar-refractivity contribution in [2.45, 2.75) is 32.4 Å². The van der Waals surface area contributed by atoms with E-state index in [4.69, 9.17) is 5.73 Å². The van der Waals surface area contributed by atoms with Crippen LogP contribution in [0.5, 0.6) is 0 Å². The summed E-state index contributed by atoms with van der Waals surface area (Å²) >= 11 is 5.44. The Morgan fingerprint density at radius 2 is 2.31 bits per heavy atom. The second-order valence-corrected chi connectivity index (χ2v) is 6.87. The topological polar surface area (TPSA) is 29.3 Å². The van der Waals surface area contributed by atoms with Gasteiger partial charge in [0.1, 0.15) is 0 Å². The van der Waals surface area contributed by atoms with Crippen LogP contribution in [0.4, 0.5) is 0 Å². The van der Waals surface area contributed by atoms with Crippen LogP contribution in [0.15, 0.2) is 10.5 Å². The van der Waals surface area contributed by atoms with E-state index in [1.807, 2.05) is 11.3 Å². The Morgan fingerprint density at radius 1 is 1.62 bits per heavy atom. The highest BCUT2D eigenvalue weighted by molar-refractivity contribution is 9.10. The number of likely N-dealkylation sites (N-methyl/N-ethyl adjacent to an activating group) is 1. The Morgan fingerprint density at radius 3 is 2.75 bits per heavy atom. The molecular formula is C12H19BrN2S. The molecule has 1 aliphatic rings. The van der Waals surface area contributed by atoms with Crippen molar-refractivity contribution in [3.05, 3.63) is 20.3 Å². The minimum absolute atomic E-state index is 0.571. The fraction of sp³-hybridized carbons (Fsp3) is 0.667. The molecule has 2 nitrogen and oxygen atoms in total. The fourth-order valence-electron chi connectivity index (χ4n) is 2.17. The summed E-state index contributed by atoms with van der Waals surface area (Å²) in [5.41, 5.74) is 5.86. The Balaban J connectivity index is 1.97. The summed E-state index contributed by atoms with van der Waals surface area (Å²) in [4.78, 5) is 5.19. The number of thiophene rings is 1. The van der Waals surface area contributed by atoms with Crippen molar-refractivity contribution in [3.63, 3.8) is 0 Å². The molecule has 1 fully saturated rings. The van der Waals surface area contributed by atoms with Crippen LogP contribution in [0.25, 0.3) is 0 Å². The first-order valence-corrected chi connectivity index (χ1v) is 7.38. The molecule has 1 unspecified atom stereocenters. The summed E-state index contributed by atoms with van der Waals surface area (Å²) in [6.07, 6.45) is 2.72. The van der Waals surface area contributed by atoms with Crippen LogP contribution in [0.2, 0.25) is 0 Å². The van der Waals surface area contributed by atoms with Crippen molar-refractivity contribution in [1.82, 2.24) is 4.90 Å². The maximum atomic E-state index is 5.86. The summed E-state index contributed by atoms with van der Waals surface area (Å²) in [6.45, 7) is 3.96. The van der Waals surface area contributed by atoms with Crippen molar-refractivity contribution < 1.29 is 0 Å². The van der Waals surface area contributed by atoms with E-state index in [0.717, 1.165) is 19.0 Å². The first-order chi connectivity index (χ1) is 7.61. The quantitative estimate of drug-likeness (QED) is 0.906. The molecular weight excluding hydrogens is 284 g/mol. The van der Waals surface area contributed by atoms with Gasteiger partial charge >= 0.3 is 0 Å². The van der Waals surface area contributed by atoms with Crippen LogP contribution in [-0.4, -0.2) is 24.5 Å². The average Bonchev–Trinajstić information content (AvgIpc) is 2.97. The SMILES string of the molecule is Cc1sc(CN(C)C(CN)C2CC2)cc1Br. The number of rotatable bonds is 5. The maximum Gasteiger partial charge on any atom is 0.0328 e. The molecule has 2 rings (SSSR count). The smallest absolute Gasteiger partial charge is 0.0328 e. The highest BCUT2D eigenvalue weighted by atomic mass is 79.9. The molecule has 1 aromatic rings. The van der Waals surface area contributed by atoms with Gasteiger partial charge < -0.3 is 5.73 Å². The van der Waals surface area contributed by atoms with Crippen molar-refractivity contribution in [3.8, 4) is 0 Å². The van der Waals surface area contributed by atoms with Gasteiger partial charge in [-0.3, -0.25) is 4.90 Å². The van der Waals surface area contributed by atoms with Crippen LogP contribution in [0.1, 0.15) is 22.6 Å². The molecule has 0 spiro atoms. The zero-order chi connectivity index (χ0) is 11.7. The lowest BCUT2D eigenvalue weighted by Crippen LogP contribution is -2.38. The number of nitrogens with two attached hydrogens (primary N) is 1. The molecule has 4 heteroatoms. The molecule has 2 N–H and O–H groups in total.